The highest BCUT2D eigenvalue weighted by Gasteiger charge is 2.49. The van der Waals surface area contributed by atoms with Crippen molar-refractivity contribution in [2.45, 2.75) is 29.9 Å². The molecule has 0 aromatic heterocycles. The smallest absolute Gasteiger partial charge is 0.159 e. The highest BCUT2D eigenvalue weighted by atomic mass is 32.2. The van der Waals surface area contributed by atoms with Gasteiger partial charge in [-0.05, 0) is 0 Å². The van der Waals surface area contributed by atoms with E-state index in [0.29, 0.717) is 5.17 Å². The van der Waals surface area contributed by atoms with Crippen LogP contribution in [0, 0.1) is 0 Å². The Kier molecular flexibility index (Phi) is 3.13. The molecule has 0 amide bonds. The zero-order valence-electron chi connectivity index (χ0n) is 8.06. The molecule has 2 aliphatic heterocycles. The van der Waals surface area contributed by atoms with Crippen LogP contribution < -0.4 is 5.32 Å². The molecule has 7 heteroatoms. The maximum atomic E-state index is 13.7. The fourth-order valence-electron chi connectivity index (χ4n) is 1.69. The number of nitrogens with one attached hydrogen (secondary N) is 1. The summed E-state index contributed by atoms with van der Waals surface area (Å²) >= 11 is 1.22. The summed E-state index contributed by atoms with van der Waals surface area (Å²) in [6, 6.07) is -0.647. The third-order valence-electron chi connectivity index (χ3n) is 2.53. The van der Waals surface area contributed by atoms with Crippen LogP contribution in [0.5, 0.6) is 0 Å². The lowest BCUT2D eigenvalue weighted by atomic mass is 10.00. The molecule has 0 aromatic rings. The lowest BCUT2D eigenvalue weighted by Crippen LogP contribution is -2.57. The summed E-state index contributed by atoms with van der Waals surface area (Å²) < 4.78 is 31.3. The van der Waals surface area contributed by atoms with Crippen molar-refractivity contribution < 1.29 is 18.6 Å². The lowest BCUT2D eigenvalue weighted by Gasteiger charge is -2.36. The topological polar surface area (TPSA) is 53.9 Å². The van der Waals surface area contributed by atoms with Crippen LogP contribution >= 0.6 is 11.8 Å². The van der Waals surface area contributed by atoms with E-state index in [-0.39, 0.29) is 0 Å². The Bertz CT molecular complexity index is 279. The number of halogens is 2. The molecule has 2 aliphatic rings. The Balaban J connectivity index is 2.13. The van der Waals surface area contributed by atoms with Crippen LogP contribution in [0.2, 0.25) is 0 Å². The molecule has 2 rings (SSSR count). The number of amidine groups is 1. The van der Waals surface area contributed by atoms with Gasteiger partial charge in [0.2, 0.25) is 0 Å². The number of alkyl halides is 2. The fourth-order valence-corrected chi connectivity index (χ4v) is 2.78. The van der Waals surface area contributed by atoms with Crippen molar-refractivity contribution in [2.24, 2.45) is 4.99 Å². The van der Waals surface area contributed by atoms with E-state index >= 15 is 0 Å². The predicted molar refractivity (Wildman–Crippen MR) is 53.4 cm³/mol. The summed E-state index contributed by atoms with van der Waals surface area (Å²) in [5.41, 5.74) is -0.511. The number of ether oxygens (including phenoxy) is 1. The van der Waals surface area contributed by atoms with E-state index in [0.717, 1.165) is 0 Å². The molecule has 5 unspecified atom stereocenters. The number of hydrogen-bond donors (Lipinski definition) is 2. The second kappa shape index (κ2) is 4.23. The number of thioether (sulfide) groups is 1. The number of fused-ring (bicyclic) bond motifs is 1. The normalized spacial score (nSPS) is 47.7. The van der Waals surface area contributed by atoms with Gasteiger partial charge in [-0.15, -0.1) is 0 Å². The Morgan fingerprint density at radius 1 is 1.67 bits per heavy atom. The van der Waals surface area contributed by atoms with E-state index in [9.17, 15) is 13.9 Å². The van der Waals surface area contributed by atoms with Gasteiger partial charge in [0, 0.05) is 7.05 Å². The summed E-state index contributed by atoms with van der Waals surface area (Å²) in [7, 11) is 1.57. The van der Waals surface area contributed by atoms with Gasteiger partial charge in [0.25, 0.3) is 0 Å². The number of nitrogens with zero attached hydrogens (tertiary/aromatic N) is 1. The van der Waals surface area contributed by atoms with Gasteiger partial charge in [-0.25, -0.2) is 8.78 Å². The minimum Gasteiger partial charge on any atom is -0.387 e. The Morgan fingerprint density at radius 3 is 3.00 bits per heavy atom. The number of aliphatic hydroxyl groups is 1. The average Bonchev–Trinajstić information content (AvgIpc) is 2.66. The highest BCUT2D eigenvalue weighted by molar-refractivity contribution is 8.14. The average molecular weight is 238 g/mol. The first-order valence-corrected chi connectivity index (χ1v) is 5.49. The van der Waals surface area contributed by atoms with Gasteiger partial charge in [-0.1, -0.05) is 11.8 Å². The maximum Gasteiger partial charge on any atom is 0.159 e. The summed E-state index contributed by atoms with van der Waals surface area (Å²) in [6.45, 7) is -0.885. The Labute approximate surface area is 90.1 Å². The SMILES string of the molecule is CN=C1NC2C(OC(CF)C(O)C2F)S1. The Morgan fingerprint density at radius 2 is 2.40 bits per heavy atom. The molecule has 5 atom stereocenters. The molecule has 2 N–H and O–H groups in total. The summed E-state index contributed by atoms with van der Waals surface area (Å²) in [4.78, 5) is 3.87. The molecule has 86 valence electrons. The lowest BCUT2D eigenvalue weighted by molar-refractivity contribution is -0.139. The molecule has 4 nitrogen and oxygen atoms in total. The van der Waals surface area contributed by atoms with Gasteiger partial charge in [-0.3, -0.25) is 4.99 Å². The van der Waals surface area contributed by atoms with Crippen LogP contribution in [0.3, 0.4) is 0 Å². The van der Waals surface area contributed by atoms with E-state index < -0.39 is 36.5 Å². The van der Waals surface area contributed by atoms with E-state index in [4.69, 9.17) is 4.74 Å². The van der Waals surface area contributed by atoms with Gasteiger partial charge in [-0.2, -0.15) is 0 Å². The molecule has 0 bridgehead atoms. The summed E-state index contributed by atoms with van der Waals surface area (Å²) in [5.74, 6) is 0. The molecular formula is C8H12F2N2O2S. The van der Waals surface area contributed by atoms with Crippen molar-refractivity contribution >= 4 is 16.9 Å². The van der Waals surface area contributed by atoms with Crippen molar-refractivity contribution in [1.82, 2.24) is 5.32 Å². The first kappa shape index (κ1) is 11.1. The molecule has 0 aromatic carbocycles. The monoisotopic (exact) mass is 238 g/mol. The summed E-state index contributed by atoms with van der Waals surface area (Å²) in [5, 5.41) is 12.8. The Hall–Kier alpha value is -0.400. The molecule has 0 aliphatic carbocycles. The standard InChI is InChI=1S/C8H12F2N2O2S/c1-11-8-12-5-4(10)6(13)3(2-9)14-7(5)15-8/h3-7,13H,2H2,1H3,(H,11,12). The molecule has 15 heavy (non-hydrogen) atoms. The molecule has 0 radical (unpaired) electrons. The summed E-state index contributed by atoms with van der Waals surface area (Å²) in [6.07, 6.45) is -4.02. The molecule has 0 spiro atoms. The van der Waals surface area contributed by atoms with Crippen LogP contribution in [0.15, 0.2) is 4.99 Å². The van der Waals surface area contributed by atoms with Crippen LogP contribution in [0.25, 0.3) is 0 Å². The molecule has 2 saturated heterocycles. The van der Waals surface area contributed by atoms with Crippen molar-refractivity contribution in [1.29, 1.82) is 0 Å². The van der Waals surface area contributed by atoms with Crippen LogP contribution in [0.1, 0.15) is 0 Å². The van der Waals surface area contributed by atoms with Crippen LogP contribution in [-0.4, -0.2) is 53.9 Å². The zero-order chi connectivity index (χ0) is 11.0. The van der Waals surface area contributed by atoms with Crippen molar-refractivity contribution in [3.63, 3.8) is 0 Å². The van der Waals surface area contributed by atoms with Gasteiger partial charge in [0.05, 0.1) is 6.04 Å². The van der Waals surface area contributed by atoms with E-state index in [1.54, 1.807) is 7.05 Å². The largest absolute Gasteiger partial charge is 0.387 e. The van der Waals surface area contributed by atoms with Crippen molar-refractivity contribution in [2.75, 3.05) is 13.7 Å². The number of aliphatic imine (C=N–C) groups is 1. The maximum absolute atomic E-state index is 13.7. The van der Waals surface area contributed by atoms with Gasteiger partial charge >= 0.3 is 0 Å². The van der Waals surface area contributed by atoms with Crippen molar-refractivity contribution in [3.8, 4) is 0 Å². The third-order valence-corrected chi connectivity index (χ3v) is 3.69. The van der Waals surface area contributed by atoms with Crippen LogP contribution in [0.4, 0.5) is 8.78 Å². The highest BCUT2D eigenvalue weighted by Crippen LogP contribution is 2.35. The molecule has 2 heterocycles. The van der Waals surface area contributed by atoms with E-state index in [1.807, 2.05) is 0 Å². The predicted octanol–water partition coefficient (Wildman–Crippen LogP) is 0.0706. The second-order valence-corrected chi connectivity index (χ2v) is 4.54. The van der Waals surface area contributed by atoms with Gasteiger partial charge in [0.15, 0.2) is 11.3 Å². The van der Waals surface area contributed by atoms with Crippen molar-refractivity contribution in [3.05, 3.63) is 0 Å². The second-order valence-electron chi connectivity index (χ2n) is 3.45. The molecular weight excluding hydrogens is 226 g/mol. The first-order valence-electron chi connectivity index (χ1n) is 4.61. The minimum absolute atomic E-state index is 0.511. The number of aliphatic hydroxyl groups excluding tert-OH is 1. The third kappa shape index (κ3) is 1.83. The van der Waals surface area contributed by atoms with E-state index in [2.05, 4.69) is 10.3 Å². The van der Waals surface area contributed by atoms with E-state index in [1.165, 1.54) is 11.8 Å². The van der Waals surface area contributed by atoms with Crippen LogP contribution in [-0.2, 0) is 4.74 Å². The fraction of sp³-hybridized carbons (Fsp3) is 0.875. The quantitative estimate of drug-likeness (QED) is 0.679. The number of rotatable bonds is 1. The minimum atomic E-state index is -1.53. The number of hydrogen-bond acceptors (Lipinski definition) is 4. The van der Waals surface area contributed by atoms with Gasteiger partial charge in [0.1, 0.15) is 24.3 Å². The first-order chi connectivity index (χ1) is 7.17. The van der Waals surface area contributed by atoms with Gasteiger partial charge < -0.3 is 15.2 Å². The molecule has 0 saturated carbocycles. The molecule has 2 fully saturated rings. The zero-order valence-corrected chi connectivity index (χ0v) is 8.88.